The topological polar surface area (TPSA) is 48.3 Å². The quantitative estimate of drug-likeness (QED) is 0.740. The summed E-state index contributed by atoms with van der Waals surface area (Å²) in [5, 5.41) is 0. The van der Waals surface area contributed by atoms with Gasteiger partial charge in [0.15, 0.2) is 5.78 Å². The van der Waals surface area contributed by atoms with E-state index in [0.29, 0.717) is 15.8 Å². The Morgan fingerprint density at radius 3 is 2.75 bits per heavy atom. The Labute approximate surface area is 132 Å². The van der Waals surface area contributed by atoms with E-state index >= 15 is 0 Å². The van der Waals surface area contributed by atoms with Crippen molar-refractivity contribution in [3.05, 3.63) is 61.4 Å². The van der Waals surface area contributed by atoms with Gasteiger partial charge in [0, 0.05) is 16.2 Å². The molecule has 0 aliphatic heterocycles. The van der Waals surface area contributed by atoms with E-state index < -0.39 is 0 Å². The first-order valence-corrected chi connectivity index (χ1v) is 7.32. The highest BCUT2D eigenvalue weighted by atomic mass is 79.9. The molecule has 2 aromatic rings. The number of methoxy groups -OCH3 is 1. The minimum absolute atomic E-state index is 0.0238. The molecule has 104 valence electrons. The molecule has 1 aromatic heterocycles. The van der Waals surface area contributed by atoms with Gasteiger partial charge in [-0.3, -0.25) is 9.59 Å². The first-order chi connectivity index (χ1) is 9.51. The minimum Gasteiger partial charge on any atom is -0.497 e. The molecule has 0 spiro atoms. The van der Waals surface area contributed by atoms with Crippen LogP contribution < -0.4 is 10.3 Å². The van der Waals surface area contributed by atoms with Crippen LogP contribution in [0.3, 0.4) is 0 Å². The van der Waals surface area contributed by atoms with Gasteiger partial charge in [-0.1, -0.05) is 12.1 Å². The van der Waals surface area contributed by atoms with Crippen molar-refractivity contribution in [1.82, 2.24) is 4.57 Å². The van der Waals surface area contributed by atoms with E-state index in [1.54, 1.807) is 43.6 Å². The third-order valence-corrected chi connectivity index (χ3v) is 3.72. The summed E-state index contributed by atoms with van der Waals surface area (Å²) < 4.78 is 7.57. The number of hydrogen-bond donors (Lipinski definition) is 0. The Balaban J connectivity index is 2.30. The molecule has 0 bridgehead atoms. The molecule has 20 heavy (non-hydrogen) atoms. The lowest BCUT2D eigenvalue weighted by Crippen LogP contribution is -2.24. The number of aromatic nitrogens is 1. The van der Waals surface area contributed by atoms with Crippen molar-refractivity contribution in [2.45, 2.75) is 6.54 Å². The standard InChI is InChI=1S/C14H11Br2NO3/c1-20-11-4-2-3-9(5-11)13(18)8-17-7-10(15)6-12(16)14(17)19/h2-7H,8H2,1H3. The Hall–Kier alpha value is -1.40. The number of pyridine rings is 1. The van der Waals surface area contributed by atoms with Crippen LogP contribution in [0.2, 0.25) is 0 Å². The van der Waals surface area contributed by atoms with Gasteiger partial charge in [0.1, 0.15) is 5.75 Å². The normalized spacial score (nSPS) is 10.3. The van der Waals surface area contributed by atoms with Gasteiger partial charge in [0.05, 0.1) is 18.1 Å². The Morgan fingerprint density at radius 1 is 1.30 bits per heavy atom. The summed E-state index contributed by atoms with van der Waals surface area (Å²) in [5.41, 5.74) is 0.261. The molecule has 0 saturated carbocycles. The maximum Gasteiger partial charge on any atom is 0.265 e. The van der Waals surface area contributed by atoms with Gasteiger partial charge in [-0.2, -0.15) is 0 Å². The number of ether oxygens (including phenoxy) is 1. The molecular weight excluding hydrogens is 390 g/mol. The lowest BCUT2D eigenvalue weighted by atomic mass is 10.1. The van der Waals surface area contributed by atoms with Crippen LogP contribution in [0.15, 0.2) is 50.3 Å². The maximum atomic E-state index is 12.2. The minimum atomic E-state index is -0.246. The molecule has 0 unspecified atom stereocenters. The number of hydrogen-bond acceptors (Lipinski definition) is 3. The molecular formula is C14H11Br2NO3. The lowest BCUT2D eigenvalue weighted by Gasteiger charge is -2.07. The van der Waals surface area contributed by atoms with Gasteiger partial charge in [0.2, 0.25) is 0 Å². The predicted octanol–water partition coefficient (Wildman–Crippen LogP) is 3.26. The van der Waals surface area contributed by atoms with Crippen LogP contribution in [0.4, 0.5) is 0 Å². The van der Waals surface area contributed by atoms with Crippen LogP contribution in [0, 0.1) is 0 Å². The predicted molar refractivity (Wildman–Crippen MR) is 83.4 cm³/mol. The molecule has 0 atom stereocenters. The largest absolute Gasteiger partial charge is 0.497 e. The second-order valence-electron chi connectivity index (χ2n) is 4.09. The fourth-order valence-corrected chi connectivity index (χ4v) is 2.98. The third kappa shape index (κ3) is 3.37. The van der Waals surface area contributed by atoms with Crippen LogP contribution in [-0.2, 0) is 6.54 Å². The molecule has 6 heteroatoms. The van der Waals surface area contributed by atoms with Crippen LogP contribution in [-0.4, -0.2) is 17.5 Å². The molecule has 1 heterocycles. The molecule has 0 saturated heterocycles. The molecule has 0 aliphatic carbocycles. The van der Waals surface area contributed by atoms with Crippen molar-refractivity contribution in [1.29, 1.82) is 0 Å². The summed E-state index contributed by atoms with van der Waals surface area (Å²) in [5.74, 6) is 0.453. The smallest absolute Gasteiger partial charge is 0.265 e. The monoisotopic (exact) mass is 399 g/mol. The fraction of sp³-hybridized carbons (Fsp3) is 0.143. The number of carbonyl (C=O) groups excluding carboxylic acids is 1. The Bertz CT molecular complexity index is 710. The van der Waals surface area contributed by atoms with Crippen molar-refractivity contribution in [3.63, 3.8) is 0 Å². The molecule has 2 rings (SSSR count). The summed E-state index contributed by atoms with van der Waals surface area (Å²) in [6.07, 6.45) is 1.59. The van der Waals surface area contributed by atoms with Gasteiger partial charge >= 0.3 is 0 Å². The lowest BCUT2D eigenvalue weighted by molar-refractivity contribution is 0.0970. The zero-order valence-corrected chi connectivity index (χ0v) is 13.8. The van der Waals surface area contributed by atoms with E-state index in [2.05, 4.69) is 31.9 Å². The number of ketones is 1. The highest BCUT2D eigenvalue weighted by molar-refractivity contribution is 9.11. The highest BCUT2D eigenvalue weighted by Gasteiger charge is 2.11. The van der Waals surface area contributed by atoms with Crippen LogP contribution in [0.5, 0.6) is 5.75 Å². The second-order valence-corrected chi connectivity index (χ2v) is 5.86. The number of nitrogens with zero attached hydrogens (tertiary/aromatic N) is 1. The molecule has 0 radical (unpaired) electrons. The average Bonchev–Trinajstić information content (AvgIpc) is 2.44. The number of benzene rings is 1. The highest BCUT2D eigenvalue weighted by Crippen LogP contribution is 2.15. The van der Waals surface area contributed by atoms with Crippen molar-refractivity contribution < 1.29 is 9.53 Å². The molecule has 1 aromatic carbocycles. The molecule has 0 amide bonds. The zero-order valence-electron chi connectivity index (χ0n) is 10.6. The summed E-state index contributed by atoms with van der Waals surface area (Å²) in [6, 6.07) is 8.50. The van der Waals surface area contributed by atoms with Crippen molar-refractivity contribution in [2.75, 3.05) is 7.11 Å². The van der Waals surface area contributed by atoms with Crippen LogP contribution in [0.1, 0.15) is 10.4 Å². The average molecular weight is 401 g/mol. The molecule has 0 N–H and O–H groups in total. The summed E-state index contributed by atoms with van der Waals surface area (Å²) in [7, 11) is 1.54. The van der Waals surface area contributed by atoms with Crippen molar-refractivity contribution in [2.24, 2.45) is 0 Å². The fourth-order valence-electron chi connectivity index (χ4n) is 1.72. The van der Waals surface area contributed by atoms with Crippen LogP contribution >= 0.6 is 31.9 Å². The van der Waals surface area contributed by atoms with Gasteiger partial charge < -0.3 is 9.30 Å². The van der Waals surface area contributed by atoms with E-state index in [1.165, 1.54) is 4.57 Å². The number of rotatable bonds is 4. The van der Waals surface area contributed by atoms with Crippen LogP contribution in [0.25, 0.3) is 0 Å². The third-order valence-electron chi connectivity index (χ3n) is 2.71. The van der Waals surface area contributed by atoms with E-state index in [-0.39, 0.29) is 17.9 Å². The first kappa shape index (κ1) is 15.0. The summed E-state index contributed by atoms with van der Waals surface area (Å²) >= 11 is 6.47. The van der Waals surface area contributed by atoms with Crippen molar-refractivity contribution in [3.8, 4) is 5.75 Å². The summed E-state index contributed by atoms with van der Waals surface area (Å²) in [4.78, 5) is 24.1. The van der Waals surface area contributed by atoms with Crippen molar-refractivity contribution >= 4 is 37.6 Å². The van der Waals surface area contributed by atoms with E-state index in [4.69, 9.17) is 4.74 Å². The van der Waals surface area contributed by atoms with Gasteiger partial charge in [-0.15, -0.1) is 0 Å². The molecule has 0 fully saturated rings. The van der Waals surface area contributed by atoms with E-state index in [9.17, 15) is 9.59 Å². The SMILES string of the molecule is COc1cccc(C(=O)Cn2cc(Br)cc(Br)c2=O)c1. The molecule has 0 aliphatic rings. The number of carbonyl (C=O) groups is 1. The van der Waals surface area contributed by atoms with Gasteiger partial charge in [-0.25, -0.2) is 0 Å². The molecule has 4 nitrogen and oxygen atoms in total. The maximum absolute atomic E-state index is 12.2. The van der Waals surface area contributed by atoms with E-state index in [0.717, 1.165) is 4.47 Å². The van der Waals surface area contributed by atoms with E-state index in [1.807, 2.05) is 0 Å². The zero-order chi connectivity index (χ0) is 14.7. The second kappa shape index (κ2) is 6.37. The summed E-state index contributed by atoms with van der Waals surface area (Å²) in [6.45, 7) is -0.0238. The number of halogens is 2. The Kier molecular flexibility index (Phi) is 4.77. The number of Topliss-reactive ketones (excluding diaryl/α,β-unsaturated/α-hetero) is 1. The van der Waals surface area contributed by atoms with Gasteiger partial charge in [0.25, 0.3) is 5.56 Å². The van der Waals surface area contributed by atoms with Gasteiger partial charge in [-0.05, 0) is 50.1 Å². The Morgan fingerprint density at radius 2 is 2.05 bits per heavy atom. The first-order valence-electron chi connectivity index (χ1n) is 5.74.